The van der Waals surface area contributed by atoms with Gasteiger partial charge in [0, 0.05) is 38.3 Å². The highest BCUT2D eigenvalue weighted by Gasteiger charge is 2.43. The normalized spacial score (nSPS) is 17.7. The third-order valence-corrected chi connectivity index (χ3v) is 5.75. The van der Waals surface area contributed by atoms with E-state index in [9.17, 15) is 23.2 Å². The second kappa shape index (κ2) is 9.63. The van der Waals surface area contributed by atoms with Crippen LogP contribution in [0.4, 0.5) is 24.1 Å². The lowest BCUT2D eigenvalue weighted by Gasteiger charge is -2.36. The van der Waals surface area contributed by atoms with E-state index in [0.29, 0.717) is 13.1 Å². The lowest BCUT2D eigenvalue weighted by Crippen LogP contribution is -2.54. The molecule has 2 heterocycles. The topological polar surface area (TPSA) is 88.6 Å². The minimum absolute atomic E-state index is 0.00188. The van der Waals surface area contributed by atoms with Crippen molar-refractivity contribution in [2.24, 2.45) is 0 Å². The Morgan fingerprint density at radius 3 is 2.44 bits per heavy atom. The first-order valence-electron chi connectivity index (χ1n) is 11.4. The van der Waals surface area contributed by atoms with E-state index >= 15 is 0 Å². The predicted octanol–water partition coefficient (Wildman–Crippen LogP) is 4.41. The molecule has 4 rings (SSSR count). The van der Waals surface area contributed by atoms with Crippen LogP contribution in [0.3, 0.4) is 0 Å². The average Bonchev–Trinajstić information content (AvgIpc) is 3.14. The Balaban J connectivity index is 1.50. The van der Waals surface area contributed by atoms with Crippen molar-refractivity contribution in [1.29, 1.82) is 0 Å². The fraction of sp³-hybridized carbons (Fsp3) is 0.400. The number of esters is 1. The molecule has 2 aliphatic heterocycles. The molecule has 2 aliphatic rings. The highest BCUT2D eigenvalue weighted by Crippen LogP contribution is 2.33. The van der Waals surface area contributed by atoms with Crippen LogP contribution >= 0.6 is 0 Å². The first-order valence-corrected chi connectivity index (χ1v) is 11.4. The number of hydrogen-bond donors (Lipinski definition) is 0. The Kier molecular flexibility index (Phi) is 6.75. The number of ether oxygens (including phenoxy) is 3. The van der Waals surface area contributed by atoms with Gasteiger partial charge in [-0.2, -0.15) is 0 Å². The Labute approximate surface area is 207 Å². The van der Waals surface area contributed by atoms with Gasteiger partial charge in [0.05, 0.1) is 24.4 Å². The number of piperazine rings is 1. The van der Waals surface area contributed by atoms with Crippen LogP contribution in [-0.4, -0.2) is 72.8 Å². The van der Waals surface area contributed by atoms with Crippen molar-refractivity contribution in [3.8, 4) is 11.5 Å². The summed E-state index contributed by atoms with van der Waals surface area (Å²) >= 11 is 0. The van der Waals surface area contributed by atoms with E-state index in [2.05, 4.69) is 4.74 Å². The summed E-state index contributed by atoms with van der Waals surface area (Å²) in [6.45, 7) is 6.50. The summed E-state index contributed by atoms with van der Waals surface area (Å²) in [7, 11) is 1.18. The van der Waals surface area contributed by atoms with Crippen LogP contribution in [0.5, 0.6) is 11.5 Å². The van der Waals surface area contributed by atoms with Crippen molar-refractivity contribution in [3.63, 3.8) is 0 Å². The molecule has 3 amide bonds. The minimum Gasteiger partial charge on any atom is -0.465 e. The molecule has 0 unspecified atom stereocenters. The second-order valence-corrected chi connectivity index (χ2v) is 9.55. The van der Waals surface area contributed by atoms with Crippen LogP contribution in [0.1, 0.15) is 31.1 Å². The van der Waals surface area contributed by atoms with Gasteiger partial charge in [-0.05, 0) is 45.0 Å². The fourth-order valence-corrected chi connectivity index (χ4v) is 4.13. The Hall–Kier alpha value is -3.89. The van der Waals surface area contributed by atoms with E-state index in [0.717, 1.165) is 12.1 Å². The number of hydrogen-bond acceptors (Lipinski definition) is 6. The van der Waals surface area contributed by atoms with Gasteiger partial charge in [0.1, 0.15) is 17.2 Å². The van der Waals surface area contributed by atoms with Crippen LogP contribution in [0.2, 0.25) is 0 Å². The van der Waals surface area contributed by atoms with E-state index in [1.165, 1.54) is 36.3 Å². The van der Waals surface area contributed by atoms with Crippen LogP contribution in [0.15, 0.2) is 36.4 Å². The molecule has 11 heteroatoms. The summed E-state index contributed by atoms with van der Waals surface area (Å²) in [4.78, 5) is 41.7. The first-order chi connectivity index (χ1) is 16.9. The maximum Gasteiger partial charge on any atom is 0.410 e. The highest BCUT2D eigenvalue weighted by atomic mass is 19.1. The van der Waals surface area contributed by atoms with Gasteiger partial charge < -0.3 is 24.0 Å². The van der Waals surface area contributed by atoms with E-state index in [1.54, 1.807) is 30.6 Å². The third-order valence-electron chi connectivity index (χ3n) is 5.75. The molecule has 0 N–H and O–H groups in total. The monoisotopic (exact) mass is 503 g/mol. The number of urea groups is 1. The minimum atomic E-state index is -0.833. The van der Waals surface area contributed by atoms with Crippen molar-refractivity contribution in [2.45, 2.75) is 32.4 Å². The molecule has 0 bridgehead atoms. The van der Waals surface area contributed by atoms with Crippen LogP contribution < -0.4 is 9.64 Å². The number of nitrogens with zero attached hydrogens (tertiary/aromatic N) is 3. The quantitative estimate of drug-likeness (QED) is 0.575. The smallest absolute Gasteiger partial charge is 0.410 e. The zero-order valence-corrected chi connectivity index (χ0v) is 20.4. The molecular formula is C25H27F2N3O6. The second-order valence-electron chi connectivity index (χ2n) is 9.55. The van der Waals surface area contributed by atoms with Gasteiger partial charge in [-0.25, -0.2) is 23.2 Å². The predicted molar refractivity (Wildman–Crippen MR) is 125 cm³/mol. The molecule has 0 aromatic heterocycles. The van der Waals surface area contributed by atoms with Gasteiger partial charge in [0.25, 0.3) is 0 Å². The van der Waals surface area contributed by atoms with Crippen LogP contribution in [0.25, 0.3) is 0 Å². The molecule has 9 nitrogen and oxygen atoms in total. The zero-order chi connectivity index (χ0) is 26.2. The summed E-state index contributed by atoms with van der Waals surface area (Å²) < 4.78 is 44.4. The zero-order valence-electron chi connectivity index (χ0n) is 20.4. The Bertz CT molecular complexity index is 1200. The van der Waals surface area contributed by atoms with Crippen molar-refractivity contribution in [3.05, 3.63) is 53.6 Å². The molecule has 0 saturated carbocycles. The lowest BCUT2D eigenvalue weighted by molar-refractivity contribution is 0.0128. The lowest BCUT2D eigenvalue weighted by atomic mass is 10.2. The van der Waals surface area contributed by atoms with Gasteiger partial charge in [0.15, 0.2) is 11.6 Å². The Morgan fingerprint density at radius 2 is 1.78 bits per heavy atom. The number of rotatable bonds is 4. The van der Waals surface area contributed by atoms with Crippen molar-refractivity contribution < 1.29 is 37.4 Å². The summed E-state index contributed by atoms with van der Waals surface area (Å²) in [5, 5.41) is 0. The third kappa shape index (κ3) is 5.34. The van der Waals surface area contributed by atoms with Gasteiger partial charge in [-0.15, -0.1) is 0 Å². The molecule has 2 saturated heterocycles. The molecule has 0 aliphatic carbocycles. The number of amides is 3. The summed E-state index contributed by atoms with van der Waals surface area (Å²) in [6, 6.07) is 6.57. The molecule has 0 spiro atoms. The molecule has 1 atom stereocenters. The maximum atomic E-state index is 14.5. The number of halogens is 2. The molecule has 2 fully saturated rings. The average molecular weight is 504 g/mol. The standard InChI is InChI=1S/C25H27F2N3O6/c1-25(2,3)36-24(33)28-7-8-29-18(13-28)14-30(23(29)32)17-10-16(26)11-19(12-17)35-21-6-5-15(9-20(21)27)22(31)34-4/h5-6,9-12,18H,7-8,13-14H2,1-4H3/t18-/m0/s1. The SMILES string of the molecule is COC(=O)c1ccc(Oc2cc(F)cc(N3C[C@@H]4CN(C(=O)OC(C)(C)C)CCN4C3=O)c2)c(F)c1. The molecule has 192 valence electrons. The van der Waals surface area contributed by atoms with Gasteiger partial charge in [-0.3, -0.25) is 4.90 Å². The summed E-state index contributed by atoms with van der Waals surface area (Å²) in [6.07, 6.45) is -0.449. The molecule has 2 aromatic rings. The molecule has 36 heavy (non-hydrogen) atoms. The fourth-order valence-electron chi connectivity index (χ4n) is 4.13. The van der Waals surface area contributed by atoms with E-state index in [4.69, 9.17) is 9.47 Å². The van der Waals surface area contributed by atoms with E-state index in [1.807, 2.05) is 0 Å². The largest absolute Gasteiger partial charge is 0.465 e. The number of fused-ring (bicyclic) bond motifs is 1. The molecule has 2 aromatic carbocycles. The van der Waals surface area contributed by atoms with E-state index < -0.39 is 29.3 Å². The number of carbonyl (C=O) groups is 3. The van der Waals surface area contributed by atoms with Crippen molar-refractivity contribution >= 4 is 23.8 Å². The summed E-state index contributed by atoms with van der Waals surface area (Å²) in [5.41, 5.74) is -0.398. The number of benzene rings is 2. The van der Waals surface area contributed by atoms with Crippen molar-refractivity contribution in [1.82, 2.24) is 9.80 Å². The highest BCUT2D eigenvalue weighted by molar-refractivity contribution is 5.95. The van der Waals surface area contributed by atoms with Gasteiger partial charge >= 0.3 is 18.1 Å². The van der Waals surface area contributed by atoms with Gasteiger partial charge in [0.2, 0.25) is 0 Å². The number of anilines is 1. The van der Waals surface area contributed by atoms with Crippen molar-refractivity contribution in [2.75, 3.05) is 38.2 Å². The summed E-state index contributed by atoms with van der Waals surface area (Å²) in [5.74, 6) is -2.47. The molecular weight excluding hydrogens is 476 g/mol. The van der Waals surface area contributed by atoms with E-state index in [-0.39, 0.29) is 47.9 Å². The van der Waals surface area contributed by atoms with Crippen LogP contribution in [0, 0.1) is 11.6 Å². The first kappa shape index (κ1) is 25.2. The number of carbonyl (C=O) groups excluding carboxylic acids is 3. The molecule has 0 radical (unpaired) electrons. The van der Waals surface area contributed by atoms with Gasteiger partial charge in [-0.1, -0.05) is 0 Å². The number of methoxy groups -OCH3 is 1. The Morgan fingerprint density at radius 1 is 1.03 bits per heavy atom. The van der Waals surface area contributed by atoms with Crippen LogP contribution in [-0.2, 0) is 9.47 Å². The maximum absolute atomic E-state index is 14.5.